The summed E-state index contributed by atoms with van der Waals surface area (Å²) in [6, 6.07) is 14.9. The van der Waals surface area contributed by atoms with Gasteiger partial charge < -0.3 is 5.73 Å². The molecule has 1 amide bonds. The predicted octanol–water partition coefficient (Wildman–Crippen LogP) is 3.67. The summed E-state index contributed by atoms with van der Waals surface area (Å²) in [5.41, 5.74) is 9.03. The molecule has 1 heterocycles. The molecule has 0 saturated carbocycles. The molecule has 3 rings (SSSR count). The number of hydrogen-bond donors (Lipinski definition) is 2. The number of hydrogen-bond acceptors (Lipinski definition) is 1. The van der Waals surface area contributed by atoms with Crippen molar-refractivity contribution in [3.8, 4) is 16.9 Å². The SMILES string of the molecule is Cc1c(C(N)=O)[nH][n+](-c2ccc(Cl)cc2Cl)c1-c1ccccc1. The molecule has 4 nitrogen and oxygen atoms in total. The van der Waals surface area contributed by atoms with Crippen LogP contribution in [0.5, 0.6) is 0 Å². The normalized spacial score (nSPS) is 10.7. The second-order valence-electron chi connectivity index (χ2n) is 5.12. The number of aromatic nitrogens is 2. The number of benzene rings is 2. The summed E-state index contributed by atoms with van der Waals surface area (Å²) in [4.78, 5) is 11.7. The number of halogens is 2. The molecule has 23 heavy (non-hydrogen) atoms. The molecule has 0 saturated heterocycles. The van der Waals surface area contributed by atoms with Gasteiger partial charge in [-0.3, -0.25) is 4.79 Å². The average Bonchev–Trinajstić information content (AvgIpc) is 2.85. The van der Waals surface area contributed by atoms with Crippen LogP contribution in [0.1, 0.15) is 16.1 Å². The Morgan fingerprint density at radius 1 is 1.13 bits per heavy atom. The van der Waals surface area contributed by atoms with E-state index in [-0.39, 0.29) is 0 Å². The third-order valence-corrected chi connectivity index (χ3v) is 4.16. The van der Waals surface area contributed by atoms with E-state index in [1.165, 1.54) is 0 Å². The van der Waals surface area contributed by atoms with Gasteiger partial charge >= 0.3 is 0 Å². The van der Waals surface area contributed by atoms with Crippen LogP contribution in [0, 0.1) is 6.92 Å². The molecule has 0 spiro atoms. The summed E-state index contributed by atoms with van der Waals surface area (Å²) in [6.07, 6.45) is 0. The maximum atomic E-state index is 11.7. The lowest BCUT2D eigenvalue weighted by molar-refractivity contribution is -0.644. The van der Waals surface area contributed by atoms with Crippen molar-refractivity contribution in [2.75, 3.05) is 0 Å². The summed E-state index contributed by atoms with van der Waals surface area (Å²) in [5, 5.41) is 4.05. The van der Waals surface area contributed by atoms with Gasteiger partial charge in [-0.2, -0.15) is 5.10 Å². The zero-order valence-electron chi connectivity index (χ0n) is 12.3. The zero-order valence-corrected chi connectivity index (χ0v) is 13.8. The lowest BCUT2D eigenvalue weighted by Gasteiger charge is -2.01. The van der Waals surface area contributed by atoms with Gasteiger partial charge in [0.05, 0.1) is 5.56 Å². The van der Waals surface area contributed by atoms with E-state index in [4.69, 9.17) is 28.9 Å². The molecule has 0 bridgehead atoms. The van der Waals surface area contributed by atoms with Crippen LogP contribution < -0.4 is 10.4 Å². The van der Waals surface area contributed by atoms with Gasteiger partial charge in [-0.1, -0.05) is 46.1 Å². The van der Waals surface area contributed by atoms with E-state index in [0.29, 0.717) is 21.4 Å². The van der Waals surface area contributed by atoms with Gasteiger partial charge in [0, 0.05) is 16.7 Å². The lowest BCUT2D eigenvalue weighted by atomic mass is 10.1. The Morgan fingerprint density at radius 2 is 1.83 bits per heavy atom. The van der Waals surface area contributed by atoms with Crippen LogP contribution in [0.15, 0.2) is 48.5 Å². The van der Waals surface area contributed by atoms with Crippen LogP contribution in [-0.2, 0) is 0 Å². The third kappa shape index (κ3) is 2.83. The molecular formula is C17H14Cl2N3O+. The fraction of sp³-hybridized carbons (Fsp3) is 0.0588. The Kier molecular flexibility index (Phi) is 4.11. The minimum atomic E-state index is -0.525. The highest BCUT2D eigenvalue weighted by Crippen LogP contribution is 2.26. The highest BCUT2D eigenvalue weighted by Gasteiger charge is 2.29. The number of amides is 1. The van der Waals surface area contributed by atoms with Gasteiger partial charge in [-0.05, 0) is 31.2 Å². The fourth-order valence-electron chi connectivity index (χ4n) is 2.56. The molecular weight excluding hydrogens is 333 g/mol. The summed E-state index contributed by atoms with van der Waals surface area (Å²) < 4.78 is 1.75. The van der Waals surface area contributed by atoms with Gasteiger partial charge in [0.15, 0.2) is 5.69 Å². The van der Waals surface area contributed by atoms with Gasteiger partial charge in [0.2, 0.25) is 5.69 Å². The van der Waals surface area contributed by atoms with E-state index in [9.17, 15) is 4.79 Å². The van der Waals surface area contributed by atoms with E-state index in [1.807, 2.05) is 37.3 Å². The number of carbonyl (C=O) groups excluding carboxylic acids is 1. The molecule has 0 atom stereocenters. The summed E-state index contributed by atoms with van der Waals surface area (Å²) in [5.74, 6) is -0.525. The summed E-state index contributed by atoms with van der Waals surface area (Å²) >= 11 is 12.3. The first-order chi connectivity index (χ1) is 11.0. The van der Waals surface area contributed by atoms with E-state index in [0.717, 1.165) is 16.8 Å². The van der Waals surface area contributed by atoms with Crippen LogP contribution in [-0.4, -0.2) is 11.0 Å². The first-order valence-corrected chi connectivity index (χ1v) is 7.70. The van der Waals surface area contributed by atoms with Gasteiger partial charge in [0.1, 0.15) is 5.02 Å². The molecule has 3 N–H and O–H groups in total. The molecule has 0 radical (unpaired) electrons. The first-order valence-electron chi connectivity index (χ1n) is 6.94. The minimum Gasteiger partial charge on any atom is -0.364 e. The van der Waals surface area contributed by atoms with Crippen LogP contribution >= 0.6 is 23.2 Å². The van der Waals surface area contributed by atoms with Crippen LogP contribution in [0.2, 0.25) is 10.0 Å². The van der Waals surface area contributed by atoms with Crippen molar-refractivity contribution in [1.82, 2.24) is 5.10 Å². The maximum absolute atomic E-state index is 11.7. The number of carbonyl (C=O) groups is 1. The topological polar surface area (TPSA) is 62.8 Å². The Balaban J connectivity index is 2.32. The van der Waals surface area contributed by atoms with Crippen LogP contribution in [0.4, 0.5) is 0 Å². The Hall–Kier alpha value is -2.30. The Labute approximate surface area is 143 Å². The van der Waals surface area contributed by atoms with Crippen molar-refractivity contribution < 1.29 is 9.48 Å². The number of aromatic amines is 1. The average molecular weight is 347 g/mol. The quantitative estimate of drug-likeness (QED) is 0.698. The van der Waals surface area contributed by atoms with Crippen molar-refractivity contribution >= 4 is 29.1 Å². The van der Waals surface area contributed by atoms with E-state index < -0.39 is 5.91 Å². The molecule has 3 aromatic rings. The van der Waals surface area contributed by atoms with E-state index >= 15 is 0 Å². The number of nitrogens with one attached hydrogen (secondary N) is 1. The predicted molar refractivity (Wildman–Crippen MR) is 91.0 cm³/mol. The molecule has 0 unspecified atom stereocenters. The highest BCUT2D eigenvalue weighted by atomic mass is 35.5. The molecule has 1 aromatic heterocycles. The van der Waals surface area contributed by atoms with Crippen molar-refractivity contribution in [2.24, 2.45) is 5.73 Å². The molecule has 116 valence electrons. The summed E-state index contributed by atoms with van der Waals surface area (Å²) in [6.45, 7) is 1.85. The molecule has 0 aliphatic rings. The second kappa shape index (κ2) is 6.07. The monoisotopic (exact) mass is 346 g/mol. The van der Waals surface area contributed by atoms with Crippen molar-refractivity contribution in [1.29, 1.82) is 0 Å². The van der Waals surface area contributed by atoms with Crippen molar-refractivity contribution in [3.63, 3.8) is 0 Å². The number of nitrogens with two attached hydrogens (primary N) is 1. The number of H-pyrrole nitrogens is 1. The van der Waals surface area contributed by atoms with Crippen molar-refractivity contribution in [3.05, 3.63) is 69.8 Å². The highest BCUT2D eigenvalue weighted by molar-refractivity contribution is 6.35. The largest absolute Gasteiger partial charge is 0.364 e. The van der Waals surface area contributed by atoms with Crippen molar-refractivity contribution in [2.45, 2.75) is 6.92 Å². The maximum Gasteiger partial charge on any atom is 0.271 e. The second-order valence-corrected chi connectivity index (χ2v) is 5.97. The minimum absolute atomic E-state index is 0.342. The smallest absolute Gasteiger partial charge is 0.271 e. The third-order valence-electron chi connectivity index (χ3n) is 3.62. The van der Waals surface area contributed by atoms with Gasteiger partial charge in [-0.25, -0.2) is 0 Å². The number of rotatable bonds is 3. The summed E-state index contributed by atoms with van der Waals surface area (Å²) in [7, 11) is 0. The molecule has 0 fully saturated rings. The van der Waals surface area contributed by atoms with Crippen LogP contribution in [0.25, 0.3) is 16.9 Å². The standard InChI is InChI=1S/C17H13Cl2N3O/c1-10-15(17(20)23)21-22(14-8-7-12(18)9-13(14)19)16(10)11-5-3-2-4-6-11/h2-9H,1H3,(H2,20,23)/p+1. The Bertz CT molecular complexity index is 888. The number of primary amides is 1. The molecule has 0 aliphatic heterocycles. The van der Waals surface area contributed by atoms with E-state index in [1.54, 1.807) is 22.9 Å². The zero-order chi connectivity index (χ0) is 16.6. The van der Waals surface area contributed by atoms with Gasteiger partial charge in [-0.15, -0.1) is 0 Å². The molecule has 2 aromatic carbocycles. The Morgan fingerprint density at radius 3 is 2.43 bits per heavy atom. The fourth-order valence-corrected chi connectivity index (χ4v) is 3.06. The number of nitrogens with zero attached hydrogens (tertiary/aromatic N) is 1. The van der Waals surface area contributed by atoms with Crippen LogP contribution in [0.3, 0.4) is 0 Å². The molecule has 6 heteroatoms. The van der Waals surface area contributed by atoms with Gasteiger partial charge in [0.25, 0.3) is 11.6 Å². The molecule has 0 aliphatic carbocycles. The first kappa shape index (κ1) is 15.6. The van der Waals surface area contributed by atoms with E-state index in [2.05, 4.69) is 5.10 Å². The lowest BCUT2D eigenvalue weighted by Crippen LogP contribution is -2.36.